The topological polar surface area (TPSA) is 0 Å². The van der Waals surface area contributed by atoms with E-state index in [1.54, 1.807) is 0 Å². The van der Waals surface area contributed by atoms with E-state index in [1.165, 1.54) is 38.2 Å². The van der Waals surface area contributed by atoms with E-state index in [2.05, 4.69) is 97.1 Å². The lowest BCUT2D eigenvalue weighted by molar-refractivity contribution is 1.58. The Labute approximate surface area is 195 Å². The average molecular weight is 453 g/mol. The molecule has 0 saturated heterocycles. The van der Waals surface area contributed by atoms with E-state index in [0.717, 1.165) is 5.56 Å². The molecule has 1 aliphatic heterocycles. The zero-order valence-corrected chi connectivity index (χ0v) is 19.2. The van der Waals surface area contributed by atoms with Crippen LogP contribution in [0.5, 0.6) is 0 Å². The summed E-state index contributed by atoms with van der Waals surface area (Å²) in [5.41, 5.74) is 7.13. The van der Waals surface area contributed by atoms with E-state index in [0.29, 0.717) is 19.6 Å². The highest BCUT2D eigenvalue weighted by molar-refractivity contribution is 6.87. The van der Waals surface area contributed by atoms with Crippen molar-refractivity contribution >= 4 is 54.3 Å². The second-order valence-electron chi connectivity index (χ2n) is 7.32. The molecule has 0 atom stereocenters. The summed E-state index contributed by atoms with van der Waals surface area (Å²) >= 11 is 13.2. The quantitative estimate of drug-likeness (QED) is 0.274. The molecule has 4 aromatic rings. The van der Waals surface area contributed by atoms with Crippen LogP contribution < -0.4 is 0 Å². The molecular weight excluding hydrogens is 435 g/mol. The number of rotatable bonds is 4. The SMILES string of the molecule is Clc1cccc(C2=C(c3ccccc3)C(c3ccccc3)=C(c3ccccc3)[Si]2)c1Cl. The zero-order valence-electron chi connectivity index (χ0n) is 16.6. The van der Waals surface area contributed by atoms with Crippen molar-refractivity contribution in [3.63, 3.8) is 0 Å². The summed E-state index contributed by atoms with van der Waals surface area (Å²) in [7, 11) is 0.466. The normalized spacial score (nSPS) is 13.7. The van der Waals surface area contributed by atoms with Gasteiger partial charge in [0, 0.05) is 0 Å². The minimum atomic E-state index is 0.466. The summed E-state index contributed by atoms with van der Waals surface area (Å²) in [5.74, 6) is 0. The van der Waals surface area contributed by atoms with Gasteiger partial charge in [-0.25, -0.2) is 0 Å². The maximum Gasteiger partial charge on any atom is 0.124 e. The van der Waals surface area contributed by atoms with Crippen LogP contribution in [0.1, 0.15) is 22.3 Å². The largest absolute Gasteiger partial charge is 0.124 e. The summed E-state index contributed by atoms with van der Waals surface area (Å²) in [5, 5.41) is 3.76. The average Bonchev–Trinajstić information content (AvgIpc) is 3.23. The third-order valence-electron chi connectivity index (χ3n) is 5.41. The summed E-state index contributed by atoms with van der Waals surface area (Å²) in [4.78, 5) is 0. The van der Waals surface area contributed by atoms with Gasteiger partial charge in [0.05, 0.1) is 10.0 Å². The Morgan fingerprint density at radius 1 is 0.452 bits per heavy atom. The molecule has 0 saturated carbocycles. The minimum absolute atomic E-state index is 0.466. The number of hydrogen-bond acceptors (Lipinski definition) is 0. The van der Waals surface area contributed by atoms with Crippen molar-refractivity contribution in [1.29, 1.82) is 0 Å². The zero-order chi connectivity index (χ0) is 21.2. The van der Waals surface area contributed by atoms with E-state index in [-0.39, 0.29) is 0 Å². The maximum absolute atomic E-state index is 6.73. The molecule has 0 aromatic heterocycles. The first-order valence-electron chi connectivity index (χ1n) is 10.1. The Morgan fingerprint density at radius 3 is 1.48 bits per heavy atom. The molecule has 0 spiro atoms. The van der Waals surface area contributed by atoms with E-state index in [1.807, 2.05) is 12.1 Å². The van der Waals surface area contributed by atoms with Crippen LogP contribution in [0.2, 0.25) is 10.0 Å². The van der Waals surface area contributed by atoms with Gasteiger partial charge >= 0.3 is 0 Å². The Kier molecular flexibility index (Phi) is 5.65. The van der Waals surface area contributed by atoms with E-state index in [9.17, 15) is 0 Å². The molecule has 0 N–H and O–H groups in total. The second-order valence-corrected chi connectivity index (χ2v) is 9.36. The Hall–Kier alpha value is -2.84. The van der Waals surface area contributed by atoms with Crippen LogP contribution in [0.3, 0.4) is 0 Å². The van der Waals surface area contributed by atoms with Gasteiger partial charge in [0.2, 0.25) is 0 Å². The fraction of sp³-hybridized carbons (Fsp3) is 0. The molecule has 2 radical (unpaired) electrons. The maximum atomic E-state index is 6.73. The highest BCUT2D eigenvalue weighted by Crippen LogP contribution is 2.49. The van der Waals surface area contributed by atoms with E-state index >= 15 is 0 Å². The number of benzene rings is 4. The van der Waals surface area contributed by atoms with Crippen LogP contribution in [-0.4, -0.2) is 9.52 Å². The van der Waals surface area contributed by atoms with Gasteiger partial charge in [0.15, 0.2) is 0 Å². The molecule has 148 valence electrons. The van der Waals surface area contributed by atoms with Crippen molar-refractivity contribution in [1.82, 2.24) is 0 Å². The van der Waals surface area contributed by atoms with Gasteiger partial charge in [-0.3, -0.25) is 0 Å². The minimum Gasteiger partial charge on any atom is -0.0827 e. The predicted molar refractivity (Wildman–Crippen MR) is 135 cm³/mol. The van der Waals surface area contributed by atoms with Gasteiger partial charge in [0.25, 0.3) is 0 Å². The van der Waals surface area contributed by atoms with Gasteiger partial charge in [0.1, 0.15) is 9.52 Å². The highest BCUT2D eigenvalue weighted by atomic mass is 35.5. The van der Waals surface area contributed by atoms with Gasteiger partial charge < -0.3 is 0 Å². The summed E-state index contributed by atoms with van der Waals surface area (Å²) < 4.78 is 0. The standard InChI is InChI=1S/C28H18Cl2Si/c29-23-18-10-17-22(26(23)30)28-25(20-13-6-2-7-14-20)24(19-11-4-1-5-12-19)27(31-28)21-15-8-3-9-16-21/h1-18H. The van der Waals surface area contributed by atoms with Crippen LogP contribution in [0.25, 0.3) is 21.5 Å². The third kappa shape index (κ3) is 3.81. The van der Waals surface area contributed by atoms with Crippen LogP contribution in [-0.2, 0) is 0 Å². The number of allylic oxidation sites excluding steroid dienone is 2. The molecule has 31 heavy (non-hydrogen) atoms. The molecule has 1 heterocycles. The number of hydrogen-bond donors (Lipinski definition) is 0. The van der Waals surface area contributed by atoms with Crippen LogP contribution in [0.15, 0.2) is 109 Å². The Balaban J connectivity index is 1.84. The van der Waals surface area contributed by atoms with Crippen molar-refractivity contribution in [2.45, 2.75) is 0 Å². The van der Waals surface area contributed by atoms with Crippen molar-refractivity contribution in [2.24, 2.45) is 0 Å². The van der Waals surface area contributed by atoms with Gasteiger partial charge in [-0.2, -0.15) is 0 Å². The Bertz CT molecular complexity index is 1290. The van der Waals surface area contributed by atoms with Crippen LogP contribution in [0.4, 0.5) is 0 Å². The molecular formula is C28H18Cl2Si. The van der Waals surface area contributed by atoms with E-state index < -0.39 is 0 Å². The first-order chi connectivity index (χ1) is 15.2. The van der Waals surface area contributed by atoms with E-state index in [4.69, 9.17) is 23.2 Å². The van der Waals surface area contributed by atoms with Gasteiger partial charge in [-0.15, -0.1) is 0 Å². The molecule has 0 bridgehead atoms. The molecule has 3 heteroatoms. The monoisotopic (exact) mass is 452 g/mol. The lowest BCUT2D eigenvalue weighted by Gasteiger charge is -2.15. The van der Waals surface area contributed by atoms with Gasteiger partial charge in [-0.05, 0) is 49.9 Å². The van der Waals surface area contributed by atoms with Crippen LogP contribution in [0, 0.1) is 0 Å². The lowest BCUT2D eigenvalue weighted by Crippen LogP contribution is -1.98. The number of halogens is 2. The predicted octanol–water partition coefficient (Wildman–Crippen LogP) is 8.15. The molecule has 0 fully saturated rings. The van der Waals surface area contributed by atoms with Crippen molar-refractivity contribution in [3.8, 4) is 0 Å². The summed E-state index contributed by atoms with van der Waals surface area (Å²) in [6.45, 7) is 0. The van der Waals surface area contributed by atoms with Crippen molar-refractivity contribution in [3.05, 3.63) is 141 Å². The molecule has 4 aromatic carbocycles. The second kappa shape index (κ2) is 8.72. The van der Waals surface area contributed by atoms with Crippen LogP contribution >= 0.6 is 23.2 Å². The third-order valence-corrected chi connectivity index (χ3v) is 7.79. The molecule has 0 unspecified atom stereocenters. The van der Waals surface area contributed by atoms with Gasteiger partial charge in [-0.1, -0.05) is 126 Å². The fourth-order valence-electron chi connectivity index (χ4n) is 4.01. The first-order valence-corrected chi connectivity index (χ1v) is 11.9. The molecule has 5 rings (SSSR count). The summed E-state index contributed by atoms with van der Waals surface area (Å²) in [6.07, 6.45) is 0. The molecule has 0 aliphatic carbocycles. The van der Waals surface area contributed by atoms with Crippen molar-refractivity contribution in [2.75, 3.05) is 0 Å². The van der Waals surface area contributed by atoms with Crippen molar-refractivity contribution < 1.29 is 0 Å². The highest BCUT2D eigenvalue weighted by Gasteiger charge is 2.30. The Morgan fingerprint density at radius 2 is 0.935 bits per heavy atom. The first kappa shape index (κ1) is 20.1. The molecule has 0 nitrogen and oxygen atoms in total. The molecule has 1 aliphatic rings. The lowest BCUT2D eigenvalue weighted by atomic mass is 9.89. The molecule has 0 amide bonds. The fourth-order valence-corrected chi connectivity index (χ4v) is 6.17. The smallest absolute Gasteiger partial charge is 0.0827 e. The summed E-state index contributed by atoms with van der Waals surface area (Å²) in [6, 6.07) is 37.8.